The lowest BCUT2D eigenvalue weighted by atomic mass is 10.1. The van der Waals surface area contributed by atoms with Gasteiger partial charge in [0.2, 0.25) is 0 Å². The van der Waals surface area contributed by atoms with Gasteiger partial charge in [0.05, 0.1) is 6.26 Å². The van der Waals surface area contributed by atoms with Crippen molar-refractivity contribution in [3.05, 3.63) is 12.8 Å². The number of carbonyl (C=O) groups excluding carboxylic acids is 1. The van der Waals surface area contributed by atoms with Gasteiger partial charge in [-0.3, -0.25) is 4.79 Å². The molecule has 0 aliphatic carbocycles. The van der Waals surface area contributed by atoms with Gasteiger partial charge in [-0.15, -0.1) is 0 Å². The first-order chi connectivity index (χ1) is 10.6. The summed E-state index contributed by atoms with van der Waals surface area (Å²) in [5.74, 6) is -0.183. The SMILES string of the molecule is C=COC(=O)CCCCCCCCCC[Si](OC)(OC)OC. The van der Waals surface area contributed by atoms with E-state index in [2.05, 4.69) is 11.3 Å². The van der Waals surface area contributed by atoms with Gasteiger partial charge >= 0.3 is 14.8 Å². The molecule has 0 bridgehead atoms. The average Bonchev–Trinajstić information content (AvgIpc) is 2.54. The molecule has 0 heterocycles. The minimum atomic E-state index is -2.37. The molecule has 0 saturated carbocycles. The smallest absolute Gasteiger partial charge is 0.435 e. The van der Waals surface area contributed by atoms with Crippen LogP contribution in [0.4, 0.5) is 0 Å². The molecule has 6 heteroatoms. The molecule has 0 rings (SSSR count). The summed E-state index contributed by atoms with van der Waals surface area (Å²) in [7, 11) is 2.60. The molecule has 5 nitrogen and oxygen atoms in total. The quantitative estimate of drug-likeness (QED) is 0.196. The summed E-state index contributed by atoms with van der Waals surface area (Å²) < 4.78 is 20.9. The zero-order chi connectivity index (χ0) is 16.7. The van der Waals surface area contributed by atoms with Crippen LogP contribution in [-0.4, -0.2) is 36.1 Å². The summed E-state index contributed by atoms with van der Waals surface area (Å²) in [5, 5.41) is 0. The summed E-state index contributed by atoms with van der Waals surface area (Å²) in [5.41, 5.74) is 0. The maximum Gasteiger partial charge on any atom is 0.500 e. The lowest BCUT2D eigenvalue weighted by Crippen LogP contribution is -2.42. The van der Waals surface area contributed by atoms with Crippen LogP contribution in [0.2, 0.25) is 6.04 Å². The van der Waals surface area contributed by atoms with Gasteiger partial charge in [-0.1, -0.05) is 45.1 Å². The maximum absolute atomic E-state index is 11.1. The third-order valence-electron chi connectivity index (χ3n) is 3.76. The molecule has 0 atom stereocenters. The number of hydrogen-bond donors (Lipinski definition) is 0. The van der Waals surface area contributed by atoms with Crippen molar-refractivity contribution in [3.8, 4) is 0 Å². The third kappa shape index (κ3) is 10.1. The van der Waals surface area contributed by atoms with E-state index in [0.717, 1.165) is 25.3 Å². The van der Waals surface area contributed by atoms with Crippen molar-refractivity contribution in [2.45, 2.75) is 63.8 Å². The standard InChI is InChI=1S/C16H32O5Si/c1-5-21-16(17)14-12-10-8-6-7-9-11-13-15-22(18-2,19-3)20-4/h5H,1,6-15H2,2-4H3. The van der Waals surface area contributed by atoms with Crippen LogP contribution in [-0.2, 0) is 22.8 Å². The largest absolute Gasteiger partial charge is 0.500 e. The van der Waals surface area contributed by atoms with E-state index in [1.54, 1.807) is 21.3 Å². The molecule has 0 radical (unpaired) electrons. The first-order valence-electron chi connectivity index (χ1n) is 8.10. The molecule has 0 unspecified atom stereocenters. The predicted octanol–water partition coefficient (Wildman–Crippen LogP) is 4.06. The molecule has 130 valence electrons. The van der Waals surface area contributed by atoms with Crippen LogP contribution in [0.15, 0.2) is 12.8 Å². The molecule has 0 amide bonds. The molecule has 0 aliphatic heterocycles. The van der Waals surface area contributed by atoms with Gasteiger partial charge in [-0.2, -0.15) is 0 Å². The molecule has 0 aromatic heterocycles. The Morgan fingerprint density at radius 1 is 0.864 bits per heavy atom. The van der Waals surface area contributed by atoms with Crippen molar-refractivity contribution in [1.82, 2.24) is 0 Å². The topological polar surface area (TPSA) is 54.0 Å². The molecule has 0 aromatic carbocycles. The van der Waals surface area contributed by atoms with Crippen molar-refractivity contribution < 1.29 is 22.8 Å². The van der Waals surface area contributed by atoms with Crippen LogP contribution in [0.25, 0.3) is 0 Å². The van der Waals surface area contributed by atoms with E-state index in [-0.39, 0.29) is 5.97 Å². The predicted molar refractivity (Wildman–Crippen MR) is 89.4 cm³/mol. The fourth-order valence-electron chi connectivity index (χ4n) is 2.38. The van der Waals surface area contributed by atoms with Crippen molar-refractivity contribution >= 4 is 14.8 Å². The lowest BCUT2D eigenvalue weighted by molar-refractivity contribution is -0.138. The van der Waals surface area contributed by atoms with Gasteiger partial charge in [0, 0.05) is 33.8 Å². The monoisotopic (exact) mass is 332 g/mol. The fraction of sp³-hybridized carbons (Fsp3) is 0.812. The van der Waals surface area contributed by atoms with E-state index in [4.69, 9.17) is 13.3 Å². The van der Waals surface area contributed by atoms with Gasteiger partial charge in [0.25, 0.3) is 0 Å². The average molecular weight is 333 g/mol. The Hall–Kier alpha value is -0.693. The Bertz CT molecular complexity index is 284. The van der Waals surface area contributed by atoms with E-state index in [1.807, 2.05) is 0 Å². The number of esters is 1. The highest BCUT2D eigenvalue weighted by molar-refractivity contribution is 6.60. The van der Waals surface area contributed by atoms with Crippen LogP contribution in [0, 0.1) is 0 Å². The van der Waals surface area contributed by atoms with E-state index in [0.29, 0.717) is 6.42 Å². The second-order valence-corrected chi connectivity index (χ2v) is 8.37. The Labute approximate surface area is 136 Å². The molecular formula is C16H32O5Si. The molecule has 0 spiro atoms. The second-order valence-electron chi connectivity index (χ2n) is 5.28. The third-order valence-corrected chi connectivity index (χ3v) is 6.59. The number of unbranched alkanes of at least 4 members (excludes halogenated alkanes) is 7. The highest BCUT2D eigenvalue weighted by atomic mass is 28.4. The Kier molecular flexibility index (Phi) is 13.5. The summed E-state index contributed by atoms with van der Waals surface area (Å²) in [4.78, 5) is 11.1. The van der Waals surface area contributed by atoms with Crippen molar-refractivity contribution in [2.75, 3.05) is 21.3 Å². The van der Waals surface area contributed by atoms with E-state index >= 15 is 0 Å². The first kappa shape index (κ1) is 21.3. The van der Waals surface area contributed by atoms with Crippen LogP contribution >= 0.6 is 0 Å². The molecule has 0 aliphatic rings. The van der Waals surface area contributed by atoms with E-state index < -0.39 is 8.80 Å². The number of rotatable bonds is 15. The molecule has 0 fully saturated rings. The molecule has 0 saturated heterocycles. The van der Waals surface area contributed by atoms with Gasteiger partial charge < -0.3 is 18.0 Å². The van der Waals surface area contributed by atoms with Crippen LogP contribution in [0.5, 0.6) is 0 Å². The van der Waals surface area contributed by atoms with Crippen molar-refractivity contribution in [3.63, 3.8) is 0 Å². The minimum Gasteiger partial charge on any atom is -0.435 e. The van der Waals surface area contributed by atoms with Gasteiger partial charge in [-0.05, 0) is 12.8 Å². The summed E-state index contributed by atoms with van der Waals surface area (Å²) >= 11 is 0. The Morgan fingerprint density at radius 2 is 1.32 bits per heavy atom. The van der Waals surface area contributed by atoms with Gasteiger partial charge in [0.15, 0.2) is 0 Å². The van der Waals surface area contributed by atoms with E-state index in [9.17, 15) is 4.79 Å². The zero-order valence-corrected chi connectivity index (χ0v) is 15.4. The normalized spacial score (nSPS) is 11.4. The number of carbonyl (C=O) groups is 1. The highest BCUT2D eigenvalue weighted by Crippen LogP contribution is 2.18. The summed E-state index contributed by atoms with van der Waals surface area (Å²) in [6.07, 6.45) is 10.8. The fourth-order valence-corrected chi connectivity index (χ4v) is 4.17. The van der Waals surface area contributed by atoms with E-state index in [1.165, 1.54) is 38.4 Å². The first-order valence-corrected chi connectivity index (χ1v) is 10.0. The Balaban J connectivity index is 3.40. The van der Waals surface area contributed by atoms with Gasteiger partial charge in [-0.25, -0.2) is 0 Å². The van der Waals surface area contributed by atoms with Crippen molar-refractivity contribution in [2.24, 2.45) is 0 Å². The molecule has 22 heavy (non-hydrogen) atoms. The summed E-state index contributed by atoms with van der Waals surface area (Å²) in [6.45, 7) is 3.36. The molecule has 0 N–H and O–H groups in total. The van der Waals surface area contributed by atoms with Gasteiger partial charge in [0.1, 0.15) is 0 Å². The van der Waals surface area contributed by atoms with Crippen LogP contribution < -0.4 is 0 Å². The number of hydrogen-bond acceptors (Lipinski definition) is 5. The van der Waals surface area contributed by atoms with Crippen molar-refractivity contribution in [1.29, 1.82) is 0 Å². The zero-order valence-electron chi connectivity index (χ0n) is 14.4. The lowest BCUT2D eigenvalue weighted by Gasteiger charge is -2.24. The number of ether oxygens (including phenoxy) is 1. The molecule has 0 aromatic rings. The summed E-state index contributed by atoms with van der Waals surface area (Å²) in [6, 6.07) is 0.877. The molecular weight excluding hydrogens is 300 g/mol. The highest BCUT2D eigenvalue weighted by Gasteiger charge is 2.36. The Morgan fingerprint density at radius 3 is 1.77 bits per heavy atom. The van der Waals surface area contributed by atoms with Crippen LogP contribution in [0.1, 0.15) is 57.8 Å². The minimum absolute atomic E-state index is 0.183. The second kappa shape index (κ2) is 13.9. The maximum atomic E-state index is 11.1. The van der Waals surface area contributed by atoms with Crippen LogP contribution in [0.3, 0.4) is 0 Å².